The van der Waals surface area contributed by atoms with Crippen molar-refractivity contribution in [3.63, 3.8) is 0 Å². The fourth-order valence-corrected chi connectivity index (χ4v) is 4.96. The van der Waals surface area contributed by atoms with Gasteiger partial charge in [0, 0.05) is 50.2 Å². The third-order valence-electron chi connectivity index (χ3n) is 7.19. The predicted molar refractivity (Wildman–Crippen MR) is 164 cm³/mol. The van der Waals surface area contributed by atoms with Gasteiger partial charge in [0.2, 0.25) is 11.9 Å². The lowest BCUT2D eigenvalue weighted by molar-refractivity contribution is -0.111. The Bertz CT molecular complexity index is 1750. The highest BCUT2D eigenvalue weighted by Gasteiger charge is 2.19. The molecule has 218 valence electrons. The van der Waals surface area contributed by atoms with Crippen LogP contribution in [-0.2, 0) is 11.3 Å². The van der Waals surface area contributed by atoms with Gasteiger partial charge < -0.3 is 25.2 Å². The topological polar surface area (TPSA) is 127 Å². The second kappa shape index (κ2) is 12.3. The number of methoxy groups -OCH3 is 1. The molecule has 4 aromatic rings. The summed E-state index contributed by atoms with van der Waals surface area (Å²) in [5.41, 5.74) is 1.72. The summed E-state index contributed by atoms with van der Waals surface area (Å²) in [7, 11) is 3.72. The van der Waals surface area contributed by atoms with Crippen molar-refractivity contribution in [2.45, 2.75) is 19.9 Å². The van der Waals surface area contributed by atoms with Crippen LogP contribution in [0.25, 0.3) is 16.9 Å². The van der Waals surface area contributed by atoms with E-state index in [2.05, 4.69) is 39.0 Å². The van der Waals surface area contributed by atoms with Crippen LogP contribution in [-0.4, -0.2) is 70.2 Å². The molecule has 0 aliphatic carbocycles. The highest BCUT2D eigenvalue weighted by atomic mass is 16.5. The van der Waals surface area contributed by atoms with Crippen molar-refractivity contribution in [1.82, 2.24) is 24.0 Å². The summed E-state index contributed by atoms with van der Waals surface area (Å²) in [6.07, 6.45) is 3.32. The number of nitrogens with one attached hydrogen (secondary N) is 2. The number of hydrogen-bond acceptors (Lipinski definition) is 9. The lowest BCUT2D eigenvalue weighted by atomic mass is 10.2. The van der Waals surface area contributed by atoms with Crippen LogP contribution in [0.3, 0.4) is 0 Å². The number of aryl methyl sites for hydroxylation is 1. The number of benzene rings is 2. The maximum atomic E-state index is 13.5. The Balaban J connectivity index is 1.58. The molecule has 0 radical (unpaired) electrons. The van der Waals surface area contributed by atoms with Gasteiger partial charge in [0.15, 0.2) is 5.65 Å². The molecule has 0 unspecified atom stereocenters. The zero-order valence-electron chi connectivity index (χ0n) is 24.0. The number of piperazine rings is 1. The highest BCUT2D eigenvalue weighted by molar-refractivity contribution is 5.99. The molecule has 2 N–H and O–H groups in total. The summed E-state index contributed by atoms with van der Waals surface area (Å²) < 4.78 is 8.33. The molecule has 1 saturated heterocycles. The van der Waals surface area contributed by atoms with Gasteiger partial charge >= 0.3 is 11.1 Å². The number of carbonyl (C=O) groups is 1. The second-order valence-corrected chi connectivity index (χ2v) is 10.0. The largest absolute Gasteiger partial charge is 0.494 e. The normalized spacial score (nSPS) is 13.6. The number of hydrogen-bond donors (Lipinski definition) is 2. The van der Waals surface area contributed by atoms with Gasteiger partial charge in [-0.15, -0.1) is 0 Å². The summed E-state index contributed by atoms with van der Waals surface area (Å²) in [4.78, 5) is 52.3. The molecule has 1 aliphatic heterocycles. The van der Waals surface area contributed by atoms with Crippen molar-refractivity contribution in [2.75, 3.05) is 55.9 Å². The predicted octanol–water partition coefficient (Wildman–Crippen LogP) is 2.98. The third-order valence-corrected chi connectivity index (χ3v) is 7.19. The summed E-state index contributed by atoms with van der Waals surface area (Å²) in [5, 5.41) is 5.90. The van der Waals surface area contributed by atoms with Gasteiger partial charge in [-0.3, -0.25) is 23.5 Å². The number of amides is 1. The minimum Gasteiger partial charge on any atom is -0.494 e. The van der Waals surface area contributed by atoms with Crippen molar-refractivity contribution in [3.05, 3.63) is 82.0 Å². The van der Waals surface area contributed by atoms with Crippen molar-refractivity contribution < 1.29 is 9.53 Å². The number of rotatable bonds is 9. The maximum Gasteiger partial charge on any atom is 0.322 e. The Labute approximate surface area is 242 Å². The van der Waals surface area contributed by atoms with E-state index in [0.717, 1.165) is 37.9 Å². The molecule has 0 spiro atoms. The Kier molecular flexibility index (Phi) is 8.34. The van der Waals surface area contributed by atoms with Crippen LogP contribution in [0.4, 0.5) is 23.0 Å². The highest BCUT2D eigenvalue weighted by Crippen LogP contribution is 2.32. The number of anilines is 4. The molecule has 1 aliphatic rings. The standard InChI is InChI=1S/C30H34N8O4/c1-5-12-37-24-19-31-30(33-23-11-10-21(18-25(23)42-4)36-15-13-35(3)14-16-36)34-27(24)38(29(41)28(37)40)22-9-7-8-20(17-22)32-26(39)6-2/h6-11,17-19H,2,5,12-16H2,1,3-4H3,(H,32,39)(H,31,33,34). The van der Waals surface area contributed by atoms with E-state index in [1.807, 2.05) is 25.1 Å². The van der Waals surface area contributed by atoms with Crippen LogP contribution in [0.2, 0.25) is 0 Å². The van der Waals surface area contributed by atoms with Crippen molar-refractivity contribution in [1.29, 1.82) is 0 Å². The van der Waals surface area contributed by atoms with E-state index in [1.165, 1.54) is 15.3 Å². The number of nitrogens with zero attached hydrogens (tertiary/aromatic N) is 6. The van der Waals surface area contributed by atoms with E-state index >= 15 is 0 Å². The summed E-state index contributed by atoms with van der Waals surface area (Å²) >= 11 is 0. The molecule has 12 nitrogen and oxygen atoms in total. The van der Waals surface area contributed by atoms with Crippen molar-refractivity contribution in [2.24, 2.45) is 0 Å². The van der Waals surface area contributed by atoms with Gasteiger partial charge in [-0.05, 0) is 49.9 Å². The van der Waals surface area contributed by atoms with Crippen LogP contribution < -0.4 is 31.4 Å². The maximum absolute atomic E-state index is 13.5. The molecule has 0 saturated carbocycles. The van der Waals surface area contributed by atoms with E-state index < -0.39 is 17.0 Å². The zero-order valence-corrected chi connectivity index (χ0v) is 24.0. The van der Waals surface area contributed by atoms with E-state index in [4.69, 9.17) is 9.72 Å². The quantitative estimate of drug-likeness (QED) is 0.231. The molecule has 5 rings (SSSR count). The smallest absolute Gasteiger partial charge is 0.322 e. The first-order chi connectivity index (χ1) is 20.3. The van der Waals surface area contributed by atoms with Crippen molar-refractivity contribution in [3.8, 4) is 11.4 Å². The molecule has 2 aromatic carbocycles. The third kappa shape index (κ3) is 5.75. The van der Waals surface area contributed by atoms with Gasteiger partial charge in [0.25, 0.3) is 0 Å². The zero-order chi connectivity index (χ0) is 29.8. The number of ether oxygens (including phenoxy) is 1. The number of carbonyl (C=O) groups excluding carboxylic acids is 1. The van der Waals surface area contributed by atoms with Crippen LogP contribution >= 0.6 is 0 Å². The molecule has 2 aromatic heterocycles. The second-order valence-electron chi connectivity index (χ2n) is 10.0. The Morgan fingerprint density at radius 2 is 1.86 bits per heavy atom. The molecule has 0 bridgehead atoms. The van der Waals surface area contributed by atoms with Crippen LogP contribution in [0, 0.1) is 0 Å². The van der Waals surface area contributed by atoms with E-state index in [-0.39, 0.29) is 11.6 Å². The minimum absolute atomic E-state index is 0.221. The number of fused-ring (bicyclic) bond motifs is 1. The van der Waals surface area contributed by atoms with Gasteiger partial charge in [-0.2, -0.15) is 4.98 Å². The SMILES string of the molecule is C=CC(=O)Nc1cccc(-n2c(=O)c(=O)n(CCC)c3cnc(Nc4ccc(N5CCN(C)CC5)cc4OC)nc32)c1. The first-order valence-electron chi connectivity index (χ1n) is 13.8. The lowest BCUT2D eigenvalue weighted by Crippen LogP contribution is -2.44. The first-order valence-corrected chi connectivity index (χ1v) is 13.8. The van der Waals surface area contributed by atoms with E-state index in [0.29, 0.717) is 41.3 Å². The fourth-order valence-electron chi connectivity index (χ4n) is 4.96. The Hall–Kier alpha value is -4.97. The summed E-state index contributed by atoms with van der Waals surface area (Å²) in [5.74, 6) is 0.442. The molecule has 3 heterocycles. The van der Waals surface area contributed by atoms with Crippen LogP contribution in [0.1, 0.15) is 13.3 Å². The number of likely N-dealkylation sites (N-methyl/N-ethyl adjacent to an activating group) is 1. The summed E-state index contributed by atoms with van der Waals surface area (Å²) in [6.45, 7) is 9.55. The van der Waals surface area contributed by atoms with Crippen LogP contribution in [0.5, 0.6) is 5.75 Å². The monoisotopic (exact) mass is 570 g/mol. The van der Waals surface area contributed by atoms with Gasteiger partial charge in [-0.1, -0.05) is 19.6 Å². The first kappa shape index (κ1) is 28.6. The van der Waals surface area contributed by atoms with Gasteiger partial charge in [-0.25, -0.2) is 4.98 Å². The fraction of sp³-hybridized carbons (Fsp3) is 0.300. The molecule has 1 fully saturated rings. The molecular formula is C30H34N8O4. The average molecular weight is 571 g/mol. The minimum atomic E-state index is -0.762. The van der Waals surface area contributed by atoms with Gasteiger partial charge in [0.1, 0.15) is 11.3 Å². The Morgan fingerprint density at radius 3 is 2.57 bits per heavy atom. The summed E-state index contributed by atoms with van der Waals surface area (Å²) in [6, 6.07) is 12.5. The molecule has 0 atom stereocenters. The van der Waals surface area contributed by atoms with Crippen LogP contribution in [0.15, 0.2) is 70.9 Å². The molecule has 42 heavy (non-hydrogen) atoms. The molecular weight excluding hydrogens is 536 g/mol. The van der Waals surface area contributed by atoms with E-state index in [9.17, 15) is 14.4 Å². The van der Waals surface area contributed by atoms with Gasteiger partial charge in [0.05, 0.1) is 24.7 Å². The Morgan fingerprint density at radius 1 is 1.07 bits per heavy atom. The number of aromatic nitrogens is 4. The van der Waals surface area contributed by atoms with Crippen molar-refractivity contribution >= 4 is 40.1 Å². The molecule has 12 heteroatoms. The molecule has 1 amide bonds. The van der Waals surface area contributed by atoms with E-state index in [1.54, 1.807) is 31.4 Å². The average Bonchev–Trinajstić information content (AvgIpc) is 3.00. The lowest BCUT2D eigenvalue weighted by Gasteiger charge is -2.34.